The number of fused-ring (bicyclic) bond motifs is 1. The third kappa shape index (κ3) is 6.19. The Labute approximate surface area is 243 Å². The molecule has 42 heavy (non-hydrogen) atoms. The zero-order valence-corrected chi connectivity index (χ0v) is 25.2. The zero-order chi connectivity index (χ0) is 30.9. The average Bonchev–Trinajstić information content (AvgIpc) is 3.48. The van der Waals surface area contributed by atoms with Crippen molar-refractivity contribution in [2.45, 2.75) is 63.1 Å². The Morgan fingerprint density at radius 1 is 1.29 bits per heavy atom. The van der Waals surface area contributed by atoms with Crippen LogP contribution in [0.5, 0.6) is 5.75 Å². The first-order chi connectivity index (χ1) is 19.7. The second kappa shape index (κ2) is 12.1. The van der Waals surface area contributed by atoms with Crippen molar-refractivity contribution in [2.75, 3.05) is 26.5 Å². The van der Waals surface area contributed by atoms with Gasteiger partial charge in [0.1, 0.15) is 41.9 Å². The van der Waals surface area contributed by atoms with Crippen LogP contribution in [0.25, 0.3) is 5.52 Å². The molecule has 0 aliphatic carbocycles. The van der Waals surface area contributed by atoms with Crippen LogP contribution in [0.3, 0.4) is 0 Å². The summed E-state index contributed by atoms with van der Waals surface area (Å²) >= 11 is 0. The maximum atomic E-state index is 13.9. The molecule has 15 heteroatoms. The van der Waals surface area contributed by atoms with Crippen LogP contribution in [0.15, 0.2) is 47.7 Å². The van der Waals surface area contributed by atoms with E-state index in [4.69, 9.17) is 24.3 Å². The van der Waals surface area contributed by atoms with Crippen molar-refractivity contribution in [2.24, 2.45) is 4.99 Å². The molecular formula is C27H37N6O8P. The molecule has 3 heterocycles. The van der Waals surface area contributed by atoms with Gasteiger partial charge in [-0.25, -0.2) is 14.1 Å². The number of esters is 1. The highest BCUT2D eigenvalue weighted by Crippen LogP contribution is 2.47. The molecule has 0 spiro atoms. The number of nitrogens with one attached hydrogen (secondary N) is 1. The number of carbonyl (C=O) groups is 1. The Kier molecular flexibility index (Phi) is 9.07. The average molecular weight is 605 g/mol. The lowest BCUT2D eigenvalue weighted by atomic mass is 9.87. The fourth-order valence-corrected chi connectivity index (χ4v) is 6.19. The number of aromatic nitrogens is 3. The van der Waals surface area contributed by atoms with Gasteiger partial charge in [-0.15, -0.1) is 0 Å². The highest BCUT2D eigenvalue weighted by atomic mass is 31.2. The standard InChI is InChI=1S/C27H37N6O8P/c1-16(25(36)38-6)32-42(37,41-18-9-7-17(8-10-18)26(2,3)4)39-13-20-22(34)23(35)27(40-20,14-29-5)21-12-11-19-24(28)30-15-31-33(19)21/h7-12,14-16,20,22-23,34-35H,13H2,1-6H3,(H,32,37)(H2,28,30,31)/t16-,20+,22+,23+,27-,42?/m0/s1. The normalized spacial score (nSPS) is 25.0. The van der Waals surface area contributed by atoms with Crippen molar-refractivity contribution in [1.29, 1.82) is 0 Å². The molecule has 0 bridgehead atoms. The van der Waals surface area contributed by atoms with Gasteiger partial charge in [-0.3, -0.25) is 14.3 Å². The van der Waals surface area contributed by atoms with E-state index in [0.29, 0.717) is 11.2 Å². The van der Waals surface area contributed by atoms with Crippen molar-refractivity contribution in [3.63, 3.8) is 0 Å². The van der Waals surface area contributed by atoms with Crippen LogP contribution in [0, 0.1) is 0 Å². The molecule has 0 amide bonds. The summed E-state index contributed by atoms with van der Waals surface area (Å²) in [7, 11) is -1.60. The number of nitrogens with zero attached hydrogens (tertiary/aromatic N) is 4. The number of rotatable bonds is 10. The van der Waals surface area contributed by atoms with Gasteiger partial charge < -0.3 is 29.9 Å². The van der Waals surface area contributed by atoms with E-state index in [1.807, 2.05) is 12.1 Å². The first-order valence-electron chi connectivity index (χ1n) is 13.2. The molecule has 2 aromatic heterocycles. The number of nitrogen functional groups attached to an aromatic ring is 1. The lowest BCUT2D eigenvalue weighted by molar-refractivity contribution is -0.142. The fourth-order valence-electron chi connectivity index (χ4n) is 4.69. The van der Waals surface area contributed by atoms with Crippen LogP contribution in [0.2, 0.25) is 0 Å². The number of methoxy groups -OCH3 is 1. The molecule has 14 nitrogen and oxygen atoms in total. The Balaban J connectivity index is 1.61. The summed E-state index contributed by atoms with van der Waals surface area (Å²) < 4.78 is 37.8. The third-order valence-electron chi connectivity index (χ3n) is 6.95. The molecular weight excluding hydrogens is 567 g/mol. The van der Waals surface area contributed by atoms with E-state index < -0.39 is 50.3 Å². The van der Waals surface area contributed by atoms with Crippen molar-refractivity contribution < 1.29 is 38.1 Å². The molecule has 4 rings (SSSR count). The second-order valence-corrected chi connectivity index (χ2v) is 12.7. The summed E-state index contributed by atoms with van der Waals surface area (Å²) in [5.74, 6) is -0.280. The first-order valence-corrected chi connectivity index (χ1v) is 14.7. The fraction of sp³-hybridized carbons (Fsp3) is 0.481. The predicted molar refractivity (Wildman–Crippen MR) is 154 cm³/mol. The number of anilines is 1. The van der Waals surface area contributed by atoms with E-state index in [1.165, 1.54) is 38.1 Å². The number of aliphatic imine (C=N–C) groups is 1. The van der Waals surface area contributed by atoms with Gasteiger partial charge >= 0.3 is 13.7 Å². The molecule has 5 N–H and O–H groups in total. The van der Waals surface area contributed by atoms with Crippen LogP contribution in [0.1, 0.15) is 39.0 Å². The second-order valence-electron chi connectivity index (χ2n) is 11.0. The summed E-state index contributed by atoms with van der Waals surface area (Å²) in [4.78, 5) is 20.1. The van der Waals surface area contributed by atoms with Crippen molar-refractivity contribution in [1.82, 2.24) is 19.7 Å². The zero-order valence-electron chi connectivity index (χ0n) is 24.3. The monoisotopic (exact) mass is 604 g/mol. The molecule has 1 fully saturated rings. The maximum Gasteiger partial charge on any atom is 0.459 e. The third-order valence-corrected chi connectivity index (χ3v) is 8.60. The molecule has 1 saturated heterocycles. The molecule has 1 aromatic carbocycles. The lowest BCUT2D eigenvalue weighted by Crippen LogP contribution is -2.43. The van der Waals surface area contributed by atoms with Gasteiger partial charge in [0.2, 0.25) is 0 Å². The Bertz CT molecular complexity index is 1490. The smallest absolute Gasteiger partial charge is 0.459 e. The molecule has 1 aliphatic heterocycles. The molecule has 6 atom stereocenters. The molecule has 0 radical (unpaired) electrons. The minimum atomic E-state index is -4.28. The number of benzene rings is 1. The lowest BCUT2D eigenvalue weighted by Gasteiger charge is -2.28. The number of aliphatic hydroxyl groups excluding tert-OH is 2. The number of hydrogen-bond acceptors (Lipinski definition) is 12. The summed E-state index contributed by atoms with van der Waals surface area (Å²) in [5.41, 5.74) is 5.98. The van der Waals surface area contributed by atoms with Crippen LogP contribution < -0.4 is 15.3 Å². The maximum absolute atomic E-state index is 13.9. The molecule has 1 aliphatic rings. The Hall–Kier alpha value is -3.39. The molecule has 1 unspecified atom stereocenters. The van der Waals surface area contributed by atoms with E-state index >= 15 is 0 Å². The first kappa shape index (κ1) is 31.5. The summed E-state index contributed by atoms with van der Waals surface area (Å²) in [6, 6.07) is 9.14. The van der Waals surface area contributed by atoms with Crippen LogP contribution in [-0.2, 0) is 34.4 Å². The van der Waals surface area contributed by atoms with Gasteiger partial charge in [0, 0.05) is 13.3 Å². The van der Waals surface area contributed by atoms with Crippen molar-refractivity contribution in [3.05, 3.63) is 54.0 Å². The van der Waals surface area contributed by atoms with Gasteiger partial charge in [-0.1, -0.05) is 32.9 Å². The van der Waals surface area contributed by atoms with Crippen molar-refractivity contribution >= 4 is 31.3 Å². The predicted octanol–water partition coefficient (Wildman–Crippen LogP) is 1.98. The van der Waals surface area contributed by atoms with Gasteiger partial charge in [0.15, 0.2) is 11.4 Å². The van der Waals surface area contributed by atoms with Crippen molar-refractivity contribution in [3.8, 4) is 5.75 Å². The minimum Gasteiger partial charge on any atom is -0.468 e. The topological polar surface area (TPSA) is 192 Å². The van der Waals surface area contributed by atoms with Gasteiger partial charge in [-0.05, 0) is 42.2 Å². The Morgan fingerprint density at radius 2 is 1.98 bits per heavy atom. The summed E-state index contributed by atoms with van der Waals surface area (Å²) in [6.07, 6.45) is -1.66. The summed E-state index contributed by atoms with van der Waals surface area (Å²) in [5, 5.41) is 29.0. The van der Waals surface area contributed by atoms with Crippen LogP contribution >= 0.6 is 7.75 Å². The van der Waals surface area contributed by atoms with E-state index in [0.717, 1.165) is 5.56 Å². The van der Waals surface area contributed by atoms with Gasteiger partial charge in [-0.2, -0.15) is 10.2 Å². The van der Waals surface area contributed by atoms with Gasteiger partial charge in [0.05, 0.1) is 19.4 Å². The van der Waals surface area contributed by atoms with E-state index in [2.05, 4.69) is 40.9 Å². The molecule has 3 aromatic rings. The number of nitrogens with two attached hydrogens (primary N) is 1. The highest BCUT2D eigenvalue weighted by Gasteiger charge is 2.56. The quantitative estimate of drug-likeness (QED) is 0.150. The largest absolute Gasteiger partial charge is 0.468 e. The van der Waals surface area contributed by atoms with E-state index in [1.54, 1.807) is 24.3 Å². The molecule has 228 valence electrons. The Morgan fingerprint density at radius 3 is 2.60 bits per heavy atom. The highest BCUT2D eigenvalue weighted by molar-refractivity contribution is 7.52. The van der Waals surface area contributed by atoms with E-state index in [-0.39, 0.29) is 17.0 Å². The van der Waals surface area contributed by atoms with Crippen LogP contribution in [-0.4, -0.2) is 82.1 Å². The summed E-state index contributed by atoms with van der Waals surface area (Å²) in [6.45, 7) is 7.10. The van der Waals surface area contributed by atoms with E-state index in [9.17, 15) is 19.6 Å². The number of hydrogen-bond donors (Lipinski definition) is 4. The SMILES string of the molecule is CN=C[C@@]1(c2ccc3c(N)ncnn23)O[C@H](COP(=O)(N[C@@H](C)C(=O)OC)Oc2ccc(C(C)(C)C)cc2)[C@@H](O)[C@H]1O. The number of carbonyl (C=O) groups excluding carboxylic acids is 1. The minimum absolute atomic E-state index is 0.121. The number of aliphatic hydroxyl groups is 2. The van der Waals surface area contributed by atoms with Gasteiger partial charge in [0.25, 0.3) is 0 Å². The molecule has 0 saturated carbocycles. The number of ether oxygens (including phenoxy) is 2. The van der Waals surface area contributed by atoms with Crippen LogP contribution in [0.4, 0.5) is 5.82 Å².